The Labute approximate surface area is 89.3 Å². The Hall–Kier alpha value is -1.55. The van der Waals surface area contributed by atoms with Crippen LogP contribution in [0.4, 0.5) is 0 Å². The van der Waals surface area contributed by atoms with Gasteiger partial charge in [0.25, 0.3) is 0 Å². The Balaban J connectivity index is 2.58. The van der Waals surface area contributed by atoms with Gasteiger partial charge in [0.1, 0.15) is 5.75 Å². The molecule has 0 fully saturated rings. The Bertz CT molecular complexity index is 339. The van der Waals surface area contributed by atoms with Gasteiger partial charge in [0.15, 0.2) is 0 Å². The van der Waals surface area contributed by atoms with E-state index in [9.17, 15) is 9.90 Å². The van der Waals surface area contributed by atoms with Crippen molar-refractivity contribution in [2.75, 3.05) is 13.6 Å². The zero-order chi connectivity index (χ0) is 11.3. The van der Waals surface area contributed by atoms with Gasteiger partial charge in [0.2, 0.25) is 5.91 Å². The Kier molecular flexibility index (Phi) is 4.12. The van der Waals surface area contributed by atoms with E-state index in [1.807, 2.05) is 6.07 Å². The summed E-state index contributed by atoms with van der Waals surface area (Å²) in [5, 5.41) is 9.24. The van der Waals surface area contributed by atoms with Crippen LogP contribution >= 0.6 is 0 Å². The highest BCUT2D eigenvalue weighted by Gasteiger charge is 2.07. The fourth-order valence-electron chi connectivity index (χ4n) is 1.33. The summed E-state index contributed by atoms with van der Waals surface area (Å²) in [7, 11) is 1.72. The van der Waals surface area contributed by atoms with Crippen LogP contribution < -0.4 is 5.73 Å². The number of phenols is 1. The zero-order valence-corrected chi connectivity index (χ0v) is 8.81. The fourth-order valence-corrected chi connectivity index (χ4v) is 1.33. The molecule has 82 valence electrons. The largest absolute Gasteiger partial charge is 0.508 e. The topological polar surface area (TPSA) is 66.6 Å². The van der Waals surface area contributed by atoms with Crippen LogP contribution in [-0.2, 0) is 11.3 Å². The van der Waals surface area contributed by atoms with Crippen LogP contribution in [0.25, 0.3) is 0 Å². The van der Waals surface area contributed by atoms with Crippen molar-refractivity contribution >= 4 is 5.91 Å². The number of hydrogen-bond donors (Lipinski definition) is 2. The zero-order valence-electron chi connectivity index (χ0n) is 8.81. The van der Waals surface area contributed by atoms with Crippen LogP contribution in [0, 0.1) is 0 Å². The molecule has 0 bridgehead atoms. The quantitative estimate of drug-likeness (QED) is 0.765. The van der Waals surface area contributed by atoms with E-state index in [2.05, 4.69) is 0 Å². The predicted molar refractivity (Wildman–Crippen MR) is 58.3 cm³/mol. The molecule has 15 heavy (non-hydrogen) atoms. The molecule has 0 radical (unpaired) electrons. The number of carbonyl (C=O) groups is 1. The van der Waals surface area contributed by atoms with Crippen molar-refractivity contribution in [3.63, 3.8) is 0 Å². The molecule has 0 heterocycles. The number of hydrogen-bond acceptors (Lipinski definition) is 3. The summed E-state index contributed by atoms with van der Waals surface area (Å²) in [6, 6.07) is 6.87. The van der Waals surface area contributed by atoms with Crippen molar-refractivity contribution in [2.45, 2.75) is 13.0 Å². The van der Waals surface area contributed by atoms with Crippen molar-refractivity contribution in [1.82, 2.24) is 4.90 Å². The minimum atomic E-state index is 0.0147. The Morgan fingerprint density at radius 2 is 2.27 bits per heavy atom. The van der Waals surface area contributed by atoms with Gasteiger partial charge in [-0.1, -0.05) is 12.1 Å². The molecule has 0 unspecified atom stereocenters. The van der Waals surface area contributed by atoms with Gasteiger partial charge in [-0.25, -0.2) is 0 Å². The molecule has 4 heteroatoms. The average Bonchev–Trinajstić information content (AvgIpc) is 2.18. The van der Waals surface area contributed by atoms with E-state index in [0.717, 1.165) is 5.56 Å². The van der Waals surface area contributed by atoms with Crippen LogP contribution in [0.2, 0.25) is 0 Å². The first-order valence-electron chi connectivity index (χ1n) is 4.85. The molecule has 1 aromatic carbocycles. The normalized spacial score (nSPS) is 10.0. The SMILES string of the molecule is CN(Cc1cccc(O)c1)C(=O)CCN. The molecule has 0 saturated heterocycles. The van der Waals surface area contributed by atoms with Gasteiger partial charge in [-0.2, -0.15) is 0 Å². The van der Waals surface area contributed by atoms with Crippen molar-refractivity contribution in [3.05, 3.63) is 29.8 Å². The first-order chi connectivity index (χ1) is 7.13. The molecule has 0 spiro atoms. The minimum Gasteiger partial charge on any atom is -0.508 e. The smallest absolute Gasteiger partial charge is 0.223 e. The first kappa shape index (κ1) is 11.5. The summed E-state index contributed by atoms with van der Waals surface area (Å²) in [4.78, 5) is 13.0. The Morgan fingerprint density at radius 1 is 1.53 bits per heavy atom. The summed E-state index contributed by atoms with van der Waals surface area (Å²) in [5.74, 6) is 0.230. The van der Waals surface area contributed by atoms with Crippen molar-refractivity contribution < 1.29 is 9.90 Å². The lowest BCUT2D eigenvalue weighted by atomic mass is 10.2. The van der Waals surface area contributed by atoms with Gasteiger partial charge in [0.05, 0.1) is 0 Å². The van der Waals surface area contributed by atoms with Crippen molar-refractivity contribution in [1.29, 1.82) is 0 Å². The van der Waals surface area contributed by atoms with E-state index in [1.165, 1.54) is 0 Å². The van der Waals surface area contributed by atoms with Crippen LogP contribution in [0.1, 0.15) is 12.0 Å². The predicted octanol–water partition coefficient (Wildman–Crippen LogP) is 0.699. The maximum Gasteiger partial charge on any atom is 0.223 e. The molecular weight excluding hydrogens is 192 g/mol. The number of rotatable bonds is 4. The molecule has 0 aliphatic rings. The van der Waals surface area contributed by atoms with Gasteiger partial charge in [-0.05, 0) is 17.7 Å². The van der Waals surface area contributed by atoms with Crippen molar-refractivity contribution in [2.24, 2.45) is 5.73 Å². The lowest BCUT2D eigenvalue weighted by Gasteiger charge is -2.16. The highest BCUT2D eigenvalue weighted by molar-refractivity contribution is 5.76. The molecule has 1 rings (SSSR count). The lowest BCUT2D eigenvalue weighted by Crippen LogP contribution is -2.27. The molecule has 0 aliphatic carbocycles. The second-order valence-corrected chi connectivity index (χ2v) is 3.46. The third kappa shape index (κ3) is 3.59. The summed E-state index contributed by atoms with van der Waals surface area (Å²) < 4.78 is 0. The van der Waals surface area contributed by atoms with Crippen LogP contribution in [-0.4, -0.2) is 29.5 Å². The van der Waals surface area contributed by atoms with E-state index in [1.54, 1.807) is 30.1 Å². The summed E-state index contributed by atoms with van der Waals surface area (Å²) >= 11 is 0. The lowest BCUT2D eigenvalue weighted by molar-refractivity contribution is -0.130. The summed E-state index contributed by atoms with van der Waals surface area (Å²) in [6.07, 6.45) is 0.356. The third-order valence-corrected chi connectivity index (χ3v) is 2.11. The molecule has 1 amide bonds. The van der Waals surface area contributed by atoms with E-state index >= 15 is 0 Å². The molecule has 4 nitrogen and oxygen atoms in total. The number of aromatic hydroxyl groups is 1. The average molecular weight is 208 g/mol. The van der Waals surface area contributed by atoms with Gasteiger partial charge in [-0.3, -0.25) is 4.79 Å². The minimum absolute atomic E-state index is 0.0147. The van der Waals surface area contributed by atoms with Crippen LogP contribution in [0.5, 0.6) is 5.75 Å². The first-order valence-corrected chi connectivity index (χ1v) is 4.85. The summed E-state index contributed by atoms with van der Waals surface area (Å²) in [5.41, 5.74) is 6.20. The number of amides is 1. The number of phenolic OH excluding ortho intramolecular Hbond substituents is 1. The molecular formula is C11H16N2O2. The Morgan fingerprint density at radius 3 is 2.87 bits per heavy atom. The monoisotopic (exact) mass is 208 g/mol. The van der Waals surface area contributed by atoms with E-state index in [4.69, 9.17) is 5.73 Å². The van der Waals surface area contributed by atoms with Crippen LogP contribution in [0.15, 0.2) is 24.3 Å². The second-order valence-electron chi connectivity index (χ2n) is 3.46. The number of benzene rings is 1. The number of carbonyl (C=O) groups excluding carboxylic acids is 1. The molecule has 0 atom stereocenters. The second kappa shape index (κ2) is 5.36. The molecule has 0 aliphatic heterocycles. The van der Waals surface area contributed by atoms with Gasteiger partial charge in [0, 0.05) is 26.6 Å². The third-order valence-electron chi connectivity index (χ3n) is 2.11. The summed E-state index contributed by atoms with van der Waals surface area (Å²) in [6.45, 7) is 0.858. The molecule has 0 saturated carbocycles. The van der Waals surface area contributed by atoms with Crippen LogP contribution in [0.3, 0.4) is 0 Å². The highest BCUT2D eigenvalue weighted by Crippen LogP contribution is 2.12. The number of nitrogens with zero attached hydrogens (tertiary/aromatic N) is 1. The van der Waals surface area contributed by atoms with Gasteiger partial charge in [-0.15, -0.1) is 0 Å². The number of nitrogens with two attached hydrogens (primary N) is 1. The highest BCUT2D eigenvalue weighted by atomic mass is 16.3. The van der Waals surface area contributed by atoms with E-state index in [-0.39, 0.29) is 11.7 Å². The van der Waals surface area contributed by atoms with Crippen molar-refractivity contribution in [3.8, 4) is 5.75 Å². The van der Waals surface area contributed by atoms with E-state index in [0.29, 0.717) is 19.5 Å². The fraction of sp³-hybridized carbons (Fsp3) is 0.364. The standard InChI is InChI=1S/C11H16N2O2/c1-13(11(15)5-6-12)8-9-3-2-4-10(14)7-9/h2-4,7,14H,5-6,8,12H2,1H3. The maximum absolute atomic E-state index is 11.4. The maximum atomic E-state index is 11.4. The molecule has 0 aromatic heterocycles. The molecule has 1 aromatic rings. The van der Waals surface area contributed by atoms with Gasteiger partial charge >= 0.3 is 0 Å². The van der Waals surface area contributed by atoms with E-state index < -0.39 is 0 Å². The van der Waals surface area contributed by atoms with Gasteiger partial charge < -0.3 is 15.7 Å². The molecule has 3 N–H and O–H groups in total.